The molecule has 2 aliphatic carbocycles. The van der Waals surface area contributed by atoms with Gasteiger partial charge in [0.1, 0.15) is 28.7 Å². The summed E-state index contributed by atoms with van der Waals surface area (Å²) in [6, 6.07) is 34.6. The van der Waals surface area contributed by atoms with Gasteiger partial charge in [-0.05, 0) is 131 Å². The number of hydrogen-bond donors (Lipinski definition) is 0. The second-order valence-electron chi connectivity index (χ2n) is 19.4. The van der Waals surface area contributed by atoms with Crippen LogP contribution in [0.25, 0.3) is 39.1 Å². The number of hydrogen-bond acceptors (Lipinski definition) is 8. The number of nitrogens with zero attached hydrogens (tertiary/aromatic N) is 1. The van der Waals surface area contributed by atoms with E-state index in [0.29, 0.717) is 13.2 Å². The minimum Gasteiger partial charge on any atom is -0.497 e. The monoisotopic (exact) mass is 875 g/mol. The van der Waals surface area contributed by atoms with E-state index in [0.717, 1.165) is 92.3 Å². The molecule has 1 aliphatic heterocycles. The Hall–Kier alpha value is -5.57. The molecule has 6 aromatic rings. The van der Waals surface area contributed by atoms with Gasteiger partial charge >= 0.3 is 0 Å². The Morgan fingerprint density at radius 3 is 1.83 bits per heavy atom. The third-order valence-electron chi connectivity index (χ3n) is 13.9. The molecule has 332 valence electrons. The van der Waals surface area contributed by atoms with Crippen LogP contribution in [0.3, 0.4) is 0 Å². The highest BCUT2D eigenvalue weighted by atomic mass is 32.2. The van der Waals surface area contributed by atoms with E-state index >= 15 is 0 Å². The molecule has 0 atom stereocenters. The van der Waals surface area contributed by atoms with Crippen molar-refractivity contribution in [2.75, 3.05) is 66.9 Å². The molecule has 0 radical (unpaired) electrons. The molecule has 9 rings (SSSR count). The number of rotatable bonds is 12. The number of anilines is 1. The van der Waals surface area contributed by atoms with Crippen LogP contribution in [0, 0.1) is 10.8 Å². The van der Waals surface area contributed by atoms with Crippen LogP contribution in [-0.4, -0.2) is 62.0 Å². The summed E-state index contributed by atoms with van der Waals surface area (Å²) in [5, 5.41) is 2.20. The number of thioether (sulfide) groups is 1. The van der Waals surface area contributed by atoms with Gasteiger partial charge in [-0.1, -0.05) is 64.1 Å². The summed E-state index contributed by atoms with van der Waals surface area (Å²) in [6.07, 6.45) is 10.1. The third kappa shape index (κ3) is 7.18. The largest absolute Gasteiger partial charge is 0.497 e. The Bertz CT molecular complexity index is 2710. The molecule has 0 N–H and O–H groups in total. The quantitative estimate of drug-likeness (QED) is 0.113. The van der Waals surface area contributed by atoms with E-state index in [9.17, 15) is 0 Å². The fourth-order valence-corrected chi connectivity index (χ4v) is 12.3. The normalized spacial score (nSPS) is 17.0. The highest BCUT2D eigenvalue weighted by Crippen LogP contribution is 2.67. The summed E-state index contributed by atoms with van der Waals surface area (Å²) in [5.74, 6) is 3.88. The zero-order chi connectivity index (χ0) is 45.2. The molecule has 0 aromatic heterocycles. The van der Waals surface area contributed by atoms with E-state index in [1.54, 1.807) is 35.5 Å². The molecule has 1 heterocycles. The lowest BCUT2D eigenvalue weighted by atomic mass is 9.52. The summed E-state index contributed by atoms with van der Waals surface area (Å²) in [7, 11) is 10.7. The van der Waals surface area contributed by atoms with Crippen molar-refractivity contribution in [3.63, 3.8) is 0 Å². The minimum atomic E-state index is -0.992. The Kier molecular flexibility index (Phi) is 11.2. The summed E-state index contributed by atoms with van der Waals surface area (Å²) in [6.45, 7) is 11.2. The predicted octanol–water partition coefficient (Wildman–Crippen LogP) is 13.2. The molecule has 64 heavy (non-hydrogen) atoms. The lowest BCUT2D eigenvalue weighted by Gasteiger charge is -2.52. The SMILES string of the molecule is COCCN(C)c1cc2c3c(c4c(c2cc1-c1ccc(OC)cc1OC)OC(c1ccc(OC)cc1)(c1ccc(OC)cc1)C=C4)C1(CC(C)(C)CC(C)(C)C1)c1cc(SC)ccc1-3. The fraction of sp³-hybridized carbons (Fsp3) is 0.357. The van der Waals surface area contributed by atoms with Gasteiger partial charge in [-0.15, -0.1) is 11.8 Å². The highest BCUT2D eigenvalue weighted by Gasteiger charge is 2.56. The van der Waals surface area contributed by atoms with Crippen molar-refractivity contribution >= 4 is 34.3 Å². The van der Waals surface area contributed by atoms with Crippen molar-refractivity contribution < 1.29 is 28.4 Å². The molecule has 1 fully saturated rings. The van der Waals surface area contributed by atoms with Gasteiger partial charge in [0.15, 0.2) is 5.60 Å². The summed E-state index contributed by atoms with van der Waals surface area (Å²) in [5.41, 5.74) is 10.5. The smallest absolute Gasteiger partial charge is 0.178 e. The molecule has 0 saturated heterocycles. The lowest BCUT2D eigenvalue weighted by molar-refractivity contribution is 0.0641. The fourth-order valence-electron chi connectivity index (χ4n) is 11.9. The first-order chi connectivity index (χ1) is 30.7. The Labute approximate surface area is 383 Å². The summed E-state index contributed by atoms with van der Waals surface area (Å²) in [4.78, 5) is 3.59. The summed E-state index contributed by atoms with van der Waals surface area (Å²) >= 11 is 1.82. The van der Waals surface area contributed by atoms with Crippen molar-refractivity contribution in [3.8, 4) is 51.0 Å². The van der Waals surface area contributed by atoms with Crippen LogP contribution in [0.15, 0.2) is 108 Å². The van der Waals surface area contributed by atoms with Crippen molar-refractivity contribution in [1.29, 1.82) is 0 Å². The van der Waals surface area contributed by atoms with Crippen molar-refractivity contribution in [1.82, 2.24) is 0 Å². The maximum Gasteiger partial charge on any atom is 0.178 e. The van der Waals surface area contributed by atoms with Crippen molar-refractivity contribution in [2.45, 2.75) is 62.9 Å². The number of benzene rings is 6. The lowest BCUT2D eigenvalue weighted by Crippen LogP contribution is -2.44. The number of fused-ring (bicyclic) bond motifs is 10. The van der Waals surface area contributed by atoms with Crippen LogP contribution in [0.4, 0.5) is 5.69 Å². The number of methoxy groups -OCH3 is 5. The van der Waals surface area contributed by atoms with E-state index in [-0.39, 0.29) is 16.2 Å². The van der Waals surface area contributed by atoms with Gasteiger partial charge in [0.2, 0.25) is 0 Å². The van der Waals surface area contributed by atoms with Gasteiger partial charge < -0.3 is 33.3 Å². The molecule has 8 heteroatoms. The minimum absolute atomic E-state index is 0.0767. The van der Waals surface area contributed by atoms with E-state index in [1.165, 1.54) is 27.1 Å². The average Bonchev–Trinajstić information content (AvgIpc) is 3.56. The van der Waals surface area contributed by atoms with Crippen LogP contribution in [-0.2, 0) is 15.8 Å². The molecule has 1 saturated carbocycles. The molecule has 7 nitrogen and oxygen atoms in total. The Balaban J connectivity index is 1.45. The maximum atomic E-state index is 7.95. The van der Waals surface area contributed by atoms with Crippen LogP contribution in [0.2, 0.25) is 0 Å². The van der Waals surface area contributed by atoms with Crippen LogP contribution in [0.5, 0.6) is 28.7 Å². The molecule has 0 bridgehead atoms. The molecule has 0 amide bonds. The highest BCUT2D eigenvalue weighted by molar-refractivity contribution is 7.98. The van der Waals surface area contributed by atoms with Crippen LogP contribution >= 0.6 is 11.8 Å². The van der Waals surface area contributed by atoms with Crippen molar-refractivity contribution in [2.24, 2.45) is 10.8 Å². The van der Waals surface area contributed by atoms with Gasteiger partial charge in [0, 0.05) is 76.0 Å². The molecule has 1 spiro atoms. The topological polar surface area (TPSA) is 58.6 Å². The molecule has 3 aliphatic rings. The van der Waals surface area contributed by atoms with Crippen LogP contribution in [0.1, 0.15) is 74.8 Å². The van der Waals surface area contributed by atoms with Gasteiger partial charge in [0.05, 0.1) is 35.0 Å². The van der Waals surface area contributed by atoms with Gasteiger partial charge in [-0.2, -0.15) is 0 Å². The third-order valence-corrected chi connectivity index (χ3v) is 14.7. The number of likely N-dealkylation sites (N-methyl/N-ethyl adjacent to an activating group) is 1. The number of ether oxygens (including phenoxy) is 6. The van der Waals surface area contributed by atoms with Gasteiger partial charge in [-0.25, -0.2) is 0 Å². The van der Waals surface area contributed by atoms with E-state index in [2.05, 4.69) is 119 Å². The summed E-state index contributed by atoms with van der Waals surface area (Å²) < 4.78 is 36.8. The van der Waals surface area contributed by atoms with Crippen molar-refractivity contribution in [3.05, 3.63) is 131 Å². The first-order valence-corrected chi connectivity index (χ1v) is 23.4. The standard InChI is InChI=1S/C56H61NO6S/c1-53(2)32-54(3,4)34-55(33-53)47-29-40(64-11)21-23-42(47)50-45-31-48(57(5)26-27-58-6)44(41-22-20-39(61-9)28-49(41)62-10)30-46(45)52-43(51(50)55)24-25-56(63-52,35-12-16-37(59-7)17-13-35)36-14-18-38(60-8)19-15-36/h12-25,28-31H,26-27,32-34H2,1-11H3. The molecular formula is C56H61NO6S. The predicted molar refractivity (Wildman–Crippen MR) is 263 cm³/mol. The van der Waals surface area contributed by atoms with Gasteiger partial charge in [0.25, 0.3) is 0 Å². The Morgan fingerprint density at radius 2 is 1.25 bits per heavy atom. The first kappa shape index (κ1) is 43.7. The first-order valence-electron chi connectivity index (χ1n) is 22.2. The average molecular weight is 876 g/mol. The van der Waals surface area contributed by atoms with Gasteiger partial charge in [-0.3, -0.25) is 0 Å². The zero-order valence-corrected chi connectivity index (χ0v) is 40.0. The van der Waals surface area contributed by atoms with E-state index in [4.69, 9.17) is 28.4 Å². The molecular weight excluding hydrogens is 815 g/mol. The van der Waals surface area contributed by atoms with Crippen LogP contribution < -0.4 is 28.6 Å². The second-order valence-corrected chi connectivity index (χ2v) is 20.2. The maximum absolute atomic E-state index is 7.95. The zero-order valence-electron chi connectivity index (χ0n) is 39.2. The molecule has 0 unspecified atom stereocenters. The Morgan fingerprint density at radius 1 is 0.641 bits per heavy atom. The van der Waals surface area contributed by atoms with E-state index < -0.39 is 5.60 Å². The molecule has 6 aromatic carbocycles. The van der Waals surface area contributed by atoms with E-state index in [1.807, 2.05) is 48.2 Å². The second kappa shape index (κ2) is 16.5.